The third kappa shape index (κ3) is 2.39. The standard InChI is InChI=1S/C20H19N5O2/c21-15-8-14(11-4-6-13(26)7-5-11)17-18-16(24-20(17)27)3-1-2-12-9-22-10-23-25(12)19(15)18/h1-7,9,14,17,23,26H,8,10,21H2,(H,24,27). The van der Waals surface area contributed by atoms with Crippen molar-refractivity contribution in [1.29, 1.82) is 0 Å². The summed E-state index contributed by atoms with van der Waals surface area (Å²) in [6.45, 7) is 0.452. The van der Waals surface area contributed by atoms with E-state index < -0.39 is 0 Å². The summed E-state index contributed by atoms with van der Waals surface area (Å²) in [6, 6.07) is 7.02. The first-order valence-electron chi connectivity index (χ1n) is 8.88. The Morgan fingerprint density at radius 2 is 2.07 bits per heavy atom. The van der Waals surface area contributed by atoms with E-state index in [2.05, 4.69) is 15.7 Å². The molecule has 4 aliphatic rings. The number of benzene rings is 1. The summed E-state index contributed by atoms with van der Waals surface area (Å²) < 4.78 is 0. The molecule has 1 aliphatic carbocycles. The molecule has 1 aromatic rings. The third-order valence-electron chi connectivity index (χ3n) is 5.42. The predicted octanol–water partition coefficient (Wildman–Crippen LogP) is 1.35. The molecule has 0 saturated carbocycles. The molecule has 0 radical (unpaired) electrons. The average molecular weight is 361 g/mol. The maximum Gasteiger partial charge on any atom is 0.232 e. The summed E-state index contributed by atoms with van der Waals surface area (Å²) >= 11 is 0. The number of hydrogen-bond acceptors (Lipinski definition) is 6. The monoisotopic (exact) mass is 361 g/mol. The van der Waals surface area contributed by atoms with E-state index in [4.69, 9.17) is 5.73 Å². The van der Waals surface area contributed by atoms with E-state index in [0.29, 0.717) is 13.1 Å². The molecular formula is C20H19N5O2. The summed E-state index contributed by atoms with van der Waals surface area (Å²) in [7, 11) is 0. The highest BCUT2D eigenvalue weighted by Crippen LogP contribution is 2.48. The molecule has 2 atom stereocenters. The van der Waals surface area contributed by atoms with Crippen LogP contribution in [0.2, 0.25) is 0 Å². The second-order valence-electron chi connectivity index (χ2n) is 6.98. The summed E-state index contributed by atoms with van der Waals surface area (Å²) in [5, 5.41) is 14.6. The fourth-order valence-corrected chi connectivity index (χ4v) is 4.26. The first kappa shape index (κ1) is 15.9. The van der Waals surface area contributed by atoms with Gasteiger partial charge in [-0.05, 0) is 36.3 Å². The summed E-state index contributed by atoms with van der Waals surface area (Å²) in [4.78, 5) is 17.2. The van der Waals surface area contributed by atoms with Gasteiger partial charge in [0.2, 0.25) is 5.91 Å². The quantitative estimate of drug-likeness (QED) is 0.605. The van der Waals surface area contributed by atoms with Crippen molar-refractivity contribution in [2.45, 2.75) is 12.3 Å². The minimum absolute atomic E-state index is 0.0261. The minimum atomic E-state index is -0.337. The van der Waals surface area contributed by atoms with Crippen LogP contribution in [0.5, 0.6) is 5.75 Å². The van der Waals surface area contributed by atoms with E-state index in [1.165, 1.54) is 0 Å². The lowest BCUT2D eigenvalue weighted by atomic mass is 9.73. The van der Waals surface area contributed by atoms with Gasteiger partial charge in [-0.3, -0.25) is 14.8 Å². The molecule has 1 aromatic carbocycles. The second-order valence-corrected chi connectivity index (χ2v) is 6.98. The average Bonchev–Trinajstić information content (AvgIpc) is 2.97. The molecule has 136 valence electrons. The van der Waals surface area contributed by atoms with Crippen LogP contribution in [0.3, 0.4) is 0 Å². The van der Waals surface area contributed by atoms with Crippen LogP contribution in [0, 0.1) is 5.92 Å². The lowest BCUT2D eigenvalue weighted by molar-refractivity contribution is -0.122. The number of hydrogen-bond donors (Lipinski definition) is 4. The van der Waals surface area contributed by atoms with Gasteiger partial charge in [-0.2, -0.15) is 0 Å². The smallest absolute Gasteiger partial charge is 0.232 e. The van der Waals surface area contributed by atoms with Crippen molar-refractivity contribution in [3.8, 4) is 5.75 Å². The van der Waals surface area contributed by atoms with Gasteiger partial charge >= 0.3 is 0 Å². The van der Waals surface area contributed by atoms with Gasteiger partial charge in [0.25, 0.3) is 0 Å². The number of fused-ring (bicyclic) bond motifs is 2. The Kier molecular flexibility index (Phi) is 3.45. The molecule has 5 rings (SSSR count). The highest BCUT2D eigenvalue weighted by atomic mass is 16.3. The second kappa shape index (κ2) is 5.85. The summed E-state index contributed by atoms with van der Waals surface area (Å²) in [5.41, 5.74) is 14.9. The molecule has 27 heavy (non-hydrogen) atoms. The zero-order chi connectivity index (χ0) is 18.5. The minimum Gasteiger partial charge on any atom is -0.508 e. The van der Waals surface area contributed by atoms with E-state index in [-0.39, 0.29) is 23.5 Å². The molecule has 7 nitrogen and oxygen atoms in total. The number of carbonyl (C=O) groups is 1. The number of carbonyl (C=O) groups excluding carboxylic acids is 1. The lowest BCUT2D eigenvalue weighted by Gasteiger charge is -2.39. The zero-order valence-electron chi connectivity index (χ0n) is 14.5. The van der Waals surface area contributed by atoms with Crippen molar-refractivity contribution in [3.05, 3.63) is 76.4 Å². The fourth-order valence-electron chi connectivity index (χ4n) is 4.26. The molecular weight excluding hydrogens is 342 g/mol. The Labute approximate surface area is 156 Å². The fraction of sp³-hybridized carbons (Fsp3) is 0.200. The number of nitrogens with one attached hydrogen (secondary N) is 2. The van der Waals surface area contributed by atoms with E-state index in [1.807, 2.05) is 35.4 Å². The highest BCUT2D eigenvalue weighted by Gasteiger charge is 2.46. The number of phenols is 1. The molecule has 3 heterocycles. The number of nitrogens with zero attached hydrogens (tertiary/aromatic N) is 2. The molecule has 1 amide bonds. The number of phenolic OH excluding ortho intramolecular Hbond substituents is 1. The van der Waals surface area contributed by atoms with Crippen LogP contribution in [0.1, 0.15) is 17.9 Å². The molecule has 5 N–H and O–H groups in total. The van der Waals surface area contributed by atoms with Gasteiger partial charge < -0.3 is 16.2 Å². The van der Waals surface area contributed by atoms with Crippen LogP contribution >= 0.6 is 0 Å². The molecule has 2 unspecified atom stereocenters. The Bertz CT molecular complexity index is 984. The SMILES string of the molecule is NC1=C2C3=C(C=CC=C4C=NCNN42)NC(=O)C3C(c2ccc(O)cc2)C1. The first-order valence-corrected chi connectivity index (χ1v) is 8.88. The maximum absolute atomic E-state index is 12.9. The molecule has 3 aliphatic heterocycles. The van der Waals surface area contributed by atoms with Crippen molar-refractivity contribution >= 4 is 12.1 Å². The number of nitrogens with two attached hydrogens (primary N) is 1. The summed E-state index contributed by atoms with van der Waals surface area (Å²) in [5.74, 6) is -0.242. The lowest BCUT2D eigenvalue weighted by Crippen LogP contribution is -2.44. The van der Waals surface area contributed by atoms with Crippen LogP contribution < -0.4 is 16.5 Å². The van der Waals surface area contributed by atoms with E-state index in [9.17, 15) is 9.90 Å². The molecule has 0 fully saturated rings. The van der Waals surface area contributed by atoms with Gasteiger partial charge in [0.1, 0.15) is 12.4 Å². The van der Waals surface area contributed by atoms with E-state index in [1.54, 1.807) is 18.3 Å². The number of allylic oxidation sites excluding steroid dienone is 6. The molecule has 0 aromatic heterocycles. The number of rotatable bonds is 1. The van der Waals surface area contributed by atoms with Crippen LogP contribution in [-0.4, -0.2) is 28.9 Å². The van der Waals surface area contributed by atoms with Crippen LogP contribution in [0.4, 0.5) is 0 Å². The number of aromatic hydroxyl groups is 1. The molecule has 0 spiro atoms. The molecule has 0 saturated heterocycles. The predicted molar refractivity (Wildman–Crippen MR) is 101 cm³/mol. The number of amides is 1. The Hall–Kier alpha value is -3.32. The van der Waals surface area contributed by atoms with Gasteiger partial charge in [0, 0.05) is 29.1 Å². The van der Waals surface area contributed by atoms with Crippen molar-refractivity contribution < 1.29 is 9.90 Å². The Morgan fingerprint density at radius 3 is 2.89 bits per heavy atom. The summed E-state index contributed by atoms with van der Waals surface area (Å²) in [6.07, 6.45) is 8.11. The highest BCUT2D eigenvalue weighted by molar-refractivity contribution is 5.92. The van der Waals surface area contributed by atoms with E-state index >= 15 is 0 Å². The number of hydrazine groups is 1. The Morgan fingerprint density at radius 1 is 1.26 bits per heavy atom. The zero-order valence-corrected chi connectivity index (χ0v) is 14.5. The van der Waals surface area contributed by atoms with Crippen LogP contribution in [-0.2, 0) is 4.79 Å². The largest absolute Gasteiger partial charge is 0.508 e. The van der Waals surface area contributed by atoms with Gasteiger partial charge in [0.15, 0.2) is 0 Å². The first-order chi connectivity index (χ1) is 13.1. The molecule has 0 bridgehead atoms. The van der Waals surface area contributed by atoms with Crippen molar-refractivity contribution in [2.75, 3.05) is 6.67 Å². The molecule has 7 heteroatoms. The van der Waals surface area contributed by atoms with Gasteiger partial charge in [-0.1, -0.05) is 18.2 Å². The van der Waals surface area contributed by atoms with Crippen LogP contribution in [0.25, 0.3) is 0 Å². The Balaban J connectivity index is 1.69. The van der Waals surface area contributed by atoms with Crippen molar-refractivity contribution in [1.82, 2.24) is 15.8 Å². The van der Waals surface area contributed by atoms with Crippen molar-refractivity contribution in [3.63, 3.8) is 0 Å². The van der Waals surface area contributed by atoms with Crippen LogP contribution in [0.15, 0.2) is 75.8 Å². The van der Waals surface area contributed by atoms with E-state index in [0.717, 1.165) is 33.9 Å². The van der Waals surface area contributed by atoms with Gasteiger partial charge in [-0.25, -0.2) is 5.43 Å². The van der Waals surface area contributed by atoms with Crippen molar-refractivity contribution in [2.24, 2.45) is 16.6 Å². The third-order valence-corrected chi connectivity index (χ3v) is 5.42. The van der Waals surface area contributed by atoms with Gasteiger partial charge in [-0.15, -0.1) is 0 Å². The number of aliphatic imine (C=N–C) groups is 1. The normalized spacial score (nSPS) is 26.3. The topological polar surface area (TPSA) is 103 Å². The maximum atomic E-state index is 12.9. The van der Waals surface area contributed by atoms with Gasteiger partial charge in [0.05, 0.1) is 17.3 Å².